The fourth-order valence-corrected chi connectivity index (χ4v) is 3.00. The van der Waals surface area contributed by atoms with Crippen LogP contribution in [0.2, 0.25) is 0 Å². The minimum Gasteiger partial charge on any atom is -0.429 e. The number of carbonyl (C=O) groups excluding carboxylic acids is 2. The molecule has 2 amide bonds. The van der Waals surface area contributed by atoms with Crippen molar-refractivity contribution < 1.29 is 19.1 Å². The van der Waals surface area contributed by atoms with Gasteiger partial charge in [-0.3, -0.25) is 4.90 Å². The second-order valence-corrected chi connectivity index (χ2v) is 6.90. The second-order valence-electron chi connectivity index (χ2n) is 6.90. The number of hydrogen-bond donors (Lipinski definition) is 0. The maximum atomic E-state index is 12.0. The lowest BCUT2D eigenvalue weighted by Gasteiger charge is -2.54. The third-order valence-corrected chi connectivity index (χ3v) is 4.00. The minimum absolute atomic E-state index is 0.129. The van der Waals surface area contributed by atoms with E-state index in [1.807, 2.05) is 0 Å². The molecule has 0 radical (unpaired) electrons. The van der Waals surface area contributed by atoms with Gasteiger partial charge >= 0.3 is 12.2 Å². The summed E-state index contributed by atoms with van der Waals surface area (Å²) in [5.74, 6) is 0. The van der Waals surface area contributed by atoms with Crippen LogP contribution >= 0.6 is 0 Å². The standard InChI is InChI=1S/C14H24N2O4/c1-13(2,3)20-12(18)19-10-14(7-6-8-14)9-15(4)11(17)16(10)5/h10H,6-9H2,1-5H3. The van der Waals surface area contributed by atoms with Crippen molar-refractivity contribution in [1.29, 1.82) is 0 Å². The Morgan fingerprint density at radius 2 is 1.90 bits per heavy atom. The van der Waals surface area contributed by atoms with Gasteiger partial charge in [0, 0.05) is 26.1 Å². The Hall–Kier alpha value is -1.46. The maximum Gasteiger partial charge on any atom is 0.510 e. The summed E-state index contributed by atoms with van der Waals surface area (Å²) in [6, 6.07) is -0.129. The van der Waals surface area contributed by atoms with Crippen molar-refractivity contribution in [2.24, 2.45) is 5.41 Å². The number of nitrogens with zero attached hydrogens (tertiary/aromatic N) is 2. The highest BCUT2D eigenvalue weighted by atomic mass is 16.7. The Kier molecular flexibility index (Phi) is 3.60. The van der Waals surface area contributed by atoms with Gasteiger partial charge in [0.25, 0.3) is 0 Å². The molecule has 0 N–H and O–H groups in total. The van der Waals surface area contributed by atoms with Crippen molar-refractivity contribution in [3.05, 3.63) is 0 Å². The molecular formula is C14H24N2O4. The molecule has 0 aromatic rings. The number of rotatable bonds is 1. The van der Waals surface area contributed by atoms with Crippen molar-refractivity contribution >= 4 is 12.2 Å². The quantitative estimate of drug-likeness (QED) is 0.694. The van der Waals surface area contributed by atoms with Crippen LogP contribution in [0, 0.1) is 5.41 Å². The molecular weight excluding hydrogens is 260 g/mol. The van der Waals surface area contributed by atoms with Crippen LogP contribution < -0.4 is 0 Å². The van der Waals surface area contributed by atoms with E-state index in [0.717, 1.165) is 19.3 Å². The molecule has 20 heavy (non-hydrogen) atoms. The van der Waals surface area contributed by atoms with Gasteiger partial charge in [-0.2, -0.15) is 0 Å². The van der Waals surface area contributed by atoms with Gasteiger partial charge in [0.2, 0.25) is 0 Å². The van der Waals surface area contributed by atoms with Crippen LogP contribution in [-0.4, -0.2) is 54.5 Å². The molecule has 1 saturated heterocycles. The zero-order valence-electron chi connectivity index (χ0n) is 12.9. The molecule has 1 aliphatic carbocycles. The zero-order valence-corrected chi connectivity index (χ0v) is 12.9. The minimum atomic E-state index is -0.710. The summed E-state index contributed by atoms with van der Waals surface area (Å²) >= 11 is 0. The van der Waals surface area contributed by atoms with E-state index < -0.39 is 18.0 Å². The van der Waals surface area contributed by atoms with Gasteiger partial charge in [-0.25, -0.2) is 9.59 Å². The van der Waals surface area contributed by atoms with Crippen LogP contribution in [0.15, 0.2) is 0 Å². The highest BCUT2D eigenvalue weighted by molar-refractivity contribution is 5.75. The lowest BCUT2D eigenvalue weighted by molar-refractivity contribution is -0.157. The zero-order chi connectivity index (χ0) is 15.1. The van der Waals surface area contributed by atoms with E-state index in [9.17, 15) is 9.59 Å². The molecule has 6 nitrogen and oxygen atoms in total. The van der Waals surface area contributed by atoms with Crippen LogP contribution in [-0.2, 0) is 9.47 Å². The molecule has 0 bridgehead atoms. The molecule has 114 valence electrons. The topological polar surface area (TPSA) is 59.1 Å². The summed E-state index contributed by atoms with van der Waals surface area (Å²) < 4.78 is 10.7. The molecule has 1 saturated carbocycles. The average Bonchev–Trinajstić information content (AvgIpc) is 2.25. The van der Waals surface area contributed by atoms with E-state index in [0.29, 0.717) is 6.54 Å². The summed E-state index contributed by atoms with van der Waals surface area (Å²) in [5.41, 5.74) is -0.744. The van der Waals surface area contributed by atoms with Gasteiger partial charge < -0.3 is 14.4 Å². The third-order valence-electron chi connectivity index (χ3n) is 4.00. The largest absolute Gasteiger partial charge is 0.510 e. The molecule has 1 heterocycles. The van der Waals surface area contributed by atoms with Crippen molar-refractivity contribution in [1.82, 2.24) is 9.80 Å². The monoisotopic (exact) mass is 284 g/mol. The molecule has 2 aliphatic rings. The van der Waals surface area contributed by atoms with Crippen LogP contribution in [0.25, 0.3) is 0 Å². The lowest BCUT2D eigenvalue weighted by Crippen LogP contribution is -2.65. The van der Waals surface area contributed by atoms with Gasteiger partial charge in [0.05, 0.1) is 0 Å². The van der Waals surface area contributed by atoms with E-state index in [1.165, 1.54) is 4.90 Å². The predicted molar refractivity (Wildman–Crippen MR) is 73.2 cm³/mol. The highest BCUT2D eigenvalue weighted by Crippen LogP contribution is 2.48. The van der Waals surface area contributed by atoms with Gasteiger partial charge in [-0.05, 0) is 33.6 Å². The highest BCUT2D eigenvalue weighted by Gasteiger charge is 2.54. The molecule has 1 atom stereocenters. The first-order chi connectivity index (χ1) is 9.15. The van der Waals surface area contributed by atoms with Crippen molar-refractivity contribution in [3.63, 3.8) is 0 Å². The number of ether oxygens (including phenoxy) is 2. The molecule has 0 aromatic heterocycles. The number of hydrogen-bond acceptors (Lipinski definition) is 4. The van der Waals surface area contributed by atoms with Crippen LogP contribution in [0.4, 0.5) is 9.59 Å². The third kappa shape index (κ3) is 2.69. The van der Waals surface area contributed by atoms with Gasteiger partial charge in [0.15, 0.2) is 6.23 Å². The first-order valence-corrected chi connectivity index (χ1v) is 7.02. The fraction of sp³-hybridized carbons (Fsp3) is 0.857. The Morgan fingerprint density at radius 1 is 1.30 bits per heavy atom. The first kappa shape index (κ1) is 14.9. The molecule has 2 fully saturated rings. The average molecular weight is 284 g/mol. The van der Waals surface area contributed by atoms with E-state index >= 15 is 0 Å². The predicted octanol–water partition coefficient (Wildman–Crippen LogP) is 2.43. The Bertz CT molecular complexity index is 412. The molecule has 1 unspecified atom stereocenters. The van der Waals surface area contributed by atoms with Crippen molar-refractivity contribution in [3.8, 4) is 0 Å². The summed E-state index contributed by atoms with van der Waals surface area (Å²) in [5, 5.41) is 0. The smallest absolute Gasteiger partial charge is 0.429 e. The first-order valence-electron chi connectivity index (χ1n) is 7.02. The van der Waals surface area contributed by atoms with Crippen molar-refractivity contribution in [2.45, 2.75) is 51.9 Å². The molecule has 0 aromatic carbocycles. The Labute approximate surface area is 120 Å². The lowest BCUT2D eigenvalue weighted by atomic mass is 9.66. The molecule has 6 heteroatoms. The second kappa shape index (κ2) is 4.82. The molecule has 1 aliphatic heterocycles. The van der Waals surface area contributed by atoms with Crippen LogP contribution in [0.5, 0.6) is 0 Å². The fourth-order valence-electron chi connectivity index (χ4n) is 3.00. The van der Waals surface area contributed by atoms with E-state index in [1.54, 1.807) is 39.8 Å². The molecule has 1 spiro atoms. The SMILES string of the molecule is CN1CC2(CCC2)C(OC(=O)OC(C)(C)C)N(C)C1=O. The summed E-state index contributed by atoms with van der Waals surface area (Å²) in [4.78, 5) is 27.1. The molecule has 2 rings (SSSR count). The van der Waals surface area contributed by atoms with Gasteiger partial charge in [-0.1, -0.05) is 6.42 Å². The number of amides is 2. The number of carbonyl (C=O) groups is 2. The Morgan fingerprint density at radius 3 is 2.35 bits per heavy atom. The summed E-state index contributed by atoms with van der Waals surface area (Å²) in [6.45, 7) is 5.99. The van der Waals surface area contributed by atoms with Gasteiger partial charge in [-0.15, -0.1) is 0 Å². The van der Waals surface area contributed by atoms with E-state index in [4.69, 9.17) is 9.47 Å². The number of urea groups is 1. The van der Waals surface area contributed by atoms with Crippen LogP contribution in [0.3, 0.4) is 0 Å². The summed E-state index contributed by atoms with van der Waals surface area (Å²) in [7, 11) is 3.45. The normalized spacial score (nSPS) is 25.4. The maximum absolute atomic E-state index is 12.0. The Balaban J connectivity index is 2.11. The summed E-state index contributed by atoms with van der Waals surface area (Å²) in [6.07, 6.45) is 1.78. The van der Waals surface area contributed by atoms with E-state index in [2.05, 4.69) is 0 Å². The van der Waals surface area contributed by atoms with Gasteiger partial charge in [0.1, 0.15) is 5.60 Å². The van der Waals surface area contributed by atoms with E-state index in [-0.39, 0.29) is 11.4 Å². The van der Waals surface area contributed by atoms with Crippen molar-refractivity contribution in [2.75, 3.05) is 20.6 Å². The van der Waals surface area contributed by atoms with Crippen LogP contribution in [0.1, 0.15) is 40.0 Å².